The Kier molecular flexibility index (Phi) is 3.12. The molecule has 4 N–H and O–H groups in total. The van der Waals surface area contributed by atoms with Crippen LogP contribution >= 0.6 is 11.8 Å². The largest absolute Gasteiger partial charge is 0.398 e. The van der Waals surface area contributed by atoms with Crippen molar-refractivity contribution in [3.05, 3.63) is 54.1 Å². The van der Waals surface area contributed by atoms with Crippen LogP contribution in [-0.2, 0) is 0 Å². The molecule has 2 aromatic rings. The maximum atomic E-state index is 6.27. The number of benzene rings is 2. The number of thioether (sulfide) groups is 1. The smallest absolute Gasteiger partial charge is 0.130 e. The third-order valence-corrected chi connectivity index (χ3v) is 4.66. The molecule has 3 nitrogen and oxygen atoms in total. The van der Waals surface area contributed by atoms with Gasteiger partial charge in [-0.3, -0.25) is 0 Å². The van der Waals surface area contributed by atoms with Gasteiger partial charge in [-0.05, 0) is 24.6 Å². The van der Waals surface area contributed by atoms with E-state index in [1.807, 2.05) is 18.2 Å². The van der Waals surface area contributed by atoms with E-state index >= 15 is 0 Å². The average Bonchev–Trinajstić information content (AvgIpc) is 2.77. The lowest BCUT2D eigenvalue weighted by Crippen LogP contribution is -2.38. The van der Waals surface area contributed by atoms with Gasteiger partial charge in [0.05, 0.1) is 16.6 Å². The van der Waals surface area contributed by atoms with Gasteiger partial charge in [-0.15, -0.1) is 0 Å². The first-order valence-electron chi connectivity index (χ1n) is 6.32. The first-order chi connectivity index (χ1) is 9.18. The van der Waals surface area contributed by atoms with Crippen molar-refractivity contribution in [3.63, 3.8) is 0 Å². The highest BCUT2D eigenvalue weighted by atomic mass is 32.2. The highest BCUT2D eigenvalue weighted by molar-refractivity contribution is 8.00. The van der Waals surface area contributed by atoms with E-state index in [9.17, 15) is 0 Å². The second-order valence-corrected chi connectivity index (χ2v) is 5.82. The summed E-state index contributed by atoms with van der Waals surface area (Å²) in [5, 5.41) is 0. The van der Waals surface area contributed by atoms with E-state index in [2.05, 4.69) is 42.2 Å². The molecule has 0 bridgehead atoms. The van der Waals surface area contributed by atoms with Crippen molar-refractivity contribution in [2.24, 2.45) is 5.73 Å². The van der Waals surface area contributed by atoms with Gasteiger partial charge in [0.15, 0.2) is 0 Å². The van der Waals surface area contributed by atoms with Crippen LogP contribution in [0.2, 0.25) is 0 Å². The predicted octanol–water partition coefficient (Wildman–Crippen LogP) is 3.18. The molecule has 1 aliphatic heterocycles. The zero-order chi connectivity index (χ0) is 13.4. The molecule has 0 amide bonds. The molecule has 0 aliphatic carbocycles. The van der Waals surface area contributed by atoms with E-state index in [-0.39, 0.29) is 11.5 Å². The van der Waals surface area contributed by atoms with E-state index in [0.717, 1.165) is 16.3 Å². The Hall–Kier alpha value is -1.65. The van der Waals surface area contributed by atoms with Gasteiger partial charge in [-0.2, -0.15) is 0 Å². The maximum Gasteiger partial charge on any atom is 0.130 e. The first kappa shape index (κ1) is 12.4. The summed E-state index contributed by atoms with van der Waals surface area (Å²) in [4.78, 5) is 3.32. The molecule has 2 unspecified atom stereocenters. The van der Waals surface area contributed by atoms with E-state index < -0.39 is 0 Å². The van der Waals surface area contributed by atoms with Crippen molar-refractivity contribution in [2.45, 2.75) is 23.4 Å². The Bertz CT molecular complexity index is 585. The van der Waals surface area contributed by atoms with Crippen LogP contribution in [0, 0.1) is 0 Å². The van der Waals surface area contributed by atoms with E-state index in [1.165, 1.54) is 5.56 Å². The summed E-state index contributed by atoms with van der Waals surface area (Å²) in [6.45, 7) is 2.17. The molecular weight excluding hydrogens is 254 g/mol. The van der Waals surface area contributed by atoms with Crippen LogP contribution < -0.4 is 16.4 Å². The number of rotatable bonds is 2. The predicted molar refractivity (Wildman–Crippen MR) is 82.0 cm³/mol. The summed E-state index contributed by atoms with van der Waals surface area (Å²) in [6.07, 6.45) is 0. The van der Waals surface area contributed by atoms with Gasteiger partial charge in [0.1, 0.15) is 5.50 Å². The summed E-state index contributed by atoms with van der Waals surface area (Å²) in [5.74, 6) is 0. The molecule has 98 valence electrons. The number of nitrogen functional groups attached to an aromatic ring is 1. The minimum absolute atomic E-state index is 0.0880. The van der Waals surface area contributed by atoms with Crippen LogP contribution in [-0.4, -0.2) is 5.50 Å². The van der Waals surface area contributed by atoms with Crippen molar-refractivity contribution in [2.75, 3.05) is 10.6 Å². The van der Waals surface area contributed by atoms with Crippen molar-refractivity contribution < 1.29 is 0 Å². The number of hydrogen-bond donors (Lipinski definition) is 2. The Morgan fingerprint density at radius 3 is 2.58 bits per heavy atom. The van der Waals surface area contributed by atoms with Crippen molar-refractivity contribution in [1.82, 2.24) is 0 Å². The molecule has 3 rings (SSSR count). The molecule has 0 saturated heterocycles. The van der Waals surface area contributed by atoms with Crippen molar-refractivity contribution >= 4 is 23.1 Å². The fraction of sp³-hybridized carbons (Fsp3) is 0.200. The lowest BCUT2D eigenvalue weighted by Gasteiger charge is -2.30. The highest BCUT2D eigenvalue weighted by Crippen LogP contribution is 2.48. The van der Waals surface area contributed by atoms with E-state index in [0.29, 0.717) is 0 Å². The third kappa shape index (κ3) is 2.07. The summed E-state index contributed by atoms with van der Waals surface area (Å²) < 4.78 is 0. The van der Waals surface area contributed by atoms with Crippen LogP contribution in [0.1, 0.15) is 18.5 Å². The minimum atomic E-state index is -0.0880. The van der Waals surface area contributed by atoms with Gasteiger partial charge >= 0.3 is 0 Å². The second kappa shape index (κ2) is 4.79. The first-order valence-corrected chi connectivity index (χ1v) is 7.20. The SMILES string of the molecule is CC(c1ccccc1)N1c2cccc(N)c2SC1N. The Morgan fingerprint density at radius 2 is 1.84 bits per heavy atom. The molecule has 0 spiro atoms. The second-order valence-electron chi connectivity index (χ2n) is 4.70. The van der Waals surface area contributed by atoms with Crippen LogP contribution in [0.4, 0.5) is 11.4 Å². The summed E-state index contributed by atoms with van der Waals surface area (Å²) >= 11 is 1.63. The standard InChI is InChI=1S/C15H17N3S/c1-10(11-6-3-2-4-7-11)18-13-9-5-8-12(16)14(13)19-15(18)17/h2-10,15H,16-17H2,1H3. The molecule has 2 aromatic carbocycles. The molecule has 19 heavy (non-hydrogen) atoms. The Balaban J connectivity index is 2.01. The quantitative estimate of drug-likeness (QED) is 0.824. The molecule has 0 radical (unpaired) electrons. The fourth-order valence-electron chi connectivity index (χ4n) is 2.51. The number of anilines is 2. The normalized spacial score (nSPS) is 19.3. The third-order valence-electron chi connectivity index (χ3n) is 3.51. The number of hydrogen-bond acceptors (Lipinski definition) is 4. The molecule has 1 heterocycles. The van der Waals surface area contributed by atoms with E-state index in [4.69, 9.17) is 11.5 Å². The molecular formula is C15H17N3S. The number of fused-ring (bicyclic) bond motifs is 1. The van der Waals surface area contributed by atoms with Crippen LogP contribution in [0.15, 0.2) is 53.4 Å². The summed E-state index contributed by atoms with van der Waals surface area (Å²) in [5.41, 5.74) is 15.4. The monoisotopic (exact) mass is 271 g/mol. The zero-order valence-electron chi connectivity index (χ0n) is 10.8. The van der Waals surface area contributed by atoms with Gasteiger partial charge in [0.25, 0.3) is 0 Å². The molecule has 0 fully saturated rings. The van der Waals surface area contributed by atoms with Gasteiger partial charge in [0.2, 0.25) is 0 Å². The van der Waals surface area contributed by atoms with Crippen LogP contribution in [0.25, 0.3) is 0 Å². The zero-order valence-corrected chi connectivity index (χ0v) is 11.6. The number of nitrogens with zero attached hydrogens (tertiary/aromatic N) is 1. The Labute approximate surface area is 117 Å². The maximum absolute atomic E-state index is 6.27. The highest BCUT2D eigenvalue weighted by Gasteiger charge is 2.32. The van der Waals surface area contributed by atoms with Crippen LogP contribution in [0.5, 0.6) is 0 Å². The van der Waals surface area contributed by atoms with Crippen LogP contribution in [0.3, 0.4) is 0 Å². The summed E-state index contributed by atoms with van der Waals surface area (Å²) in [6, 6.07) is 16.6. The van der Waals surface area contributed by atoms with Crippen molar-refractivity contribution in [3.8, 4) is 0 Å². The molecule has 1 aliphatic rings. The van der Waals surface area contributed by atoms with Gasteiger partial charge in [-0.25, -0.2) is 0 Å². The molecule has 4 heteroatoms. The van der Waals surface area contributed by atoms with Gasteiger partial charge in [0, 0.05) is 5.69 Å². The Morgan fingerprint density at radius 1 is 1.11 bits per heavy atom. The molecule has 0 saturated carbocycles. The van der Waals surface area contributed by atoms with E-state index in [1.54, 1.807) is 11.8 Å². The summed E-state index contributed by atoms with van der Waals surface area (Å²) in [7, 11) is 0. The van der Waals surface area contributed by atoms with Gasteiger partial charge < -0.3 is 16.4 Å². The van der Waals surface area contributed by atoms with Gasteiger partial charge in [-0.1, -0.05) is 48.2 Å². The van der Waals surface area contributed by atoms with Crippen molar-refractivity contribution in [1.29, 1.82) is 0 Å². The minimum Gasteiger partial charge on any atom is -0.398 e. The topological polar surface area (TPSA) is 55.3 Å². The number of nitrogens with two attached hydrogens (primary N) is 2. The lowest BCUT2D eigenvalue weighted by atomic mass is 10.1. The average molecular weight is 271 g/mol. The fourth-order valence-corrected chi connectivity index (χ4v) is 3.66. The molecule has 2 atom stereocenters. The lowest BCUT2D eigenvalue weighted by molar-refractivity contribution is 0.660. The molecule has 0 aromatic heterocycles.